The van der Waals surface area contributed by atoms with E-state index in [9.17, 15) is 9.59 Å². The molecular weight excluding hydrogens is 334 g/mol. The van der Waals surface area contributed by atoms with Crippen LogP contribution in [0.3, 0.4) is 0 Å². The van der Waals surface area contributed by atoms with Crippen molar-refractivity contribution in [1.29, 1.82) is 5.26 Å². The molecule has 0 spiro atoms. The molecule has 2 amide bonds. The summed E-state index contributed by atoms with van der Waals surface area (Å²) in [4.78, 5) is 23.9. The van der Waals surface area contributed by atoms with Crippen LogP contribution in [0.4, 0.5) is 10.6 Å². The number of rotatable bonds is 5. The first-order valence-corrected chi connectivity index (χ1v) is 9.20. The highest BCUT2D eigenvalue weighted by atomic mass is 16.6. The normalized spacial score (nSPS) is 30.9. The Morgan fingerprint density at radius 3 is 2.88 bits per heavy atom. The number of amides is 2. The Labute approximate surface area is 151 Å². The number of aromatic nitrogens is 2. The molecule has 3 aliphatic rings. The van der Waals surface area contributed by atoms with Crippen LogP contribution in [0.15, 0.2) is 6.07 Å². The Hall–Kier alpha value is -2.56. The second-order valence-corrected chi connectivity index (χ2v) is 8.00. The third-order valence-electron chi connectivity index (χ3n) is 5.64. The van der Waals surface area contributed by atoms with Crippen LogP contribution in [-0.2, 0) is 9.53 Å². The van der Waals surface area contributed by atoms with Crippen LogP contribution in [0.25, 0.3) is 0 Å². The van der Waals surface area contributed by atoms with Gasteiger partial charge in [0, 0.05) is 23.2 Å². The zero-order chi connectivity index (χ0) is 18.3. The van der Waals surface area contributed by atoms with Crippen molar-refractivity contribution in [2.24, 2.45) is 11.8 Å². The fourth-order valence-corrected chi connectivity index (χ4v) is 3.53. The first-order valence-electron chi connectivity index (χ1n) is 9.20. The number of hydrogen-bond donors (Lipinski definition) is 3. The van der Waals surface area contributed by atoms with Gasteiger partial charge in [0.25, 0.3) is 0 Å². The Bertz CT molecular complexity index is 763. The number of anilines is 1. The molecule has 3 fully saturated rings. The average Bonchev–Trinajstić information content (AvgIpc) is 3.42. The summed E-state index contributed by atoms with van der Waals surface area (Å²) in [6.45, 7) is 2.02. The maximum atomic E-state index is 12.0. The Morgan fingerprint density at radius 2 is 2.19 bits per heavy atom. The zero-order valence-corrected chi connectivity index (χ0v) is 14.7. The summed E-state index contributed by atoms with van der Waals surface area (Å²) in [6, 6.07) is 3.94. The monoisotopic (exact) mass is 357 g/mol. The number of nitriles is 1. The van der Waals surface area contributed by atoms with E-state index in [-0.39, 0.29) is 41.4 Å². The molecule has 0 radical (unpaired) electrons. The maximum absolute atomic E-state index is 12.0. The first-order chi connectivity index (χ1) is 12.5. The third kappa shape index (κ3) is 3.66. The molecule has 0 aromatic carbocycles. The van der Waals surface area contributed by atoms with E-state index in [0.717, 1.165) is 37.8 Å². The molecule has 26 heavy (non-hydrogen) atoms. The molecule has 0 saturated heterocycles. The molecule has 0 aliphatic heterocycles. The lowest BCUT2D eigenvalue weighted by Gasteiger charge is -2.16. The second kappa shape index (κ2) is 6.31. The van der Waals surface area contributed by atoms with Crippen molar-refractivity contribution in [2.45, 2.75) is 63.0 Å². The van der Waals surface area contributed by atoms with Crippen LogP contribution in [0.1, 0.15) is 57.1 Å². The molecule has 1 aromatic rings. The number of nitrogens with zero attached hydrogens (tertiary/aromatic N) is 2. The van der Waals surface area contributed by atoms with E-state index in [4.69, 9.17) is 10.00 Å². The number of carbonyl (C=O) groups is 2. The molecule has 1 heterocycles. The van der Waals surface area contributed by atoms with E-state index in [0.29, 0.717) is 12.2 Å². The number of hydrogen-bond acceptors (Lipinski definition) is 5. The number of H-pyrrole nitrogens is 1. The molecule has 3 aliphatic carbocycles. The van der Waals surface area contributed by atoms with Crippen LogP contribution >= 0.6 is 0 Å². The van der Waals surface area contributed by atoms with Crippen molar-refractivity contribution in [3.8, 4) is 6.07 Å². The highest BCUT2D eigenvalue weighted by Crippen LogP contribution is 2.39. The lowest BCUT2D eigenvalue weighted by Crippen LogP contribution is -2.36. The summed E-state index contributed by atoms with van der Waals surface area (Å²) in [6.07, 6.45) is 4.70. The van der Waals surface area contributed by atoms with Gasteiger partial charge in [-0.05, 0) is 45.4 Å². The topological polar surface area (TPSA) is 120 Å². The molecule has 4 rings (SSSR count). The van der Waals surface area contributed by atoms with Gasteiger partial charge in [-0.3, -0.25) is 9.89 Å². The highest BCUT2D eigenvalue weighted by molar-refractivity contribution is 5.94. The minimum atomic E-state index is -0.329. The van der Waals surface area contributed by atoms with Crippen LogP contribution in [0.2, 0.25) is 0 Å². The van der Waals surface area contributed by atoms with Gasteiger partial charge in [0.2, 0.25) is 5.91 Å². The summed E-state index contributed by atoms with van der Waals surface area (Å²) in [5.74, 6) is 0.196. The molecular formula is C18H23N5O3. The Balaban J connectivity index is 1.26. The van der Waals surface area contributed by atoms with Gasteiger partial charge in [-0.2, -0.15) is 10.4 Å². The molecule has 1 aromatic heterocycles. The minimum Gasteiger partial charge on any atom is -0.446 e. The number of carbonyl (C=O) groups excluding carboxylic acids is 2. The van der Waals surface area contributed by atoms with Gasteiger partial charge in [0.1, 0.15) is 6.10 Å². The van der Waals surface area contributed by atoms with Gasteiger partial charge in [-0.15, -0.1) is 0 Å². The van der Waals surface area contributed by atoms with Crippen LogP contribution < -0.4 is 10.6 Å². The maximum Gasteiger partial charge on any atom is 0.407 e. The van der Waals surface area contributed by atoms with E-state index >= 15 is 0 Å². The van der Waals surface area contributed by atoms with Crippen molar-refractivity contribution < 1.29 is 14.3 Å². The van der Waals surface area contributed by atoms with Gasteiger partial charge in [-0.25, -0.2) is 4.79 Å². The summed E-state index contributed by atoms with van der Waals surface area (Å²) < 4.78 is 5.53. The van der Waals surface area contributed by atoms with Crippen LogP contribution in [-0.4, -0.2) is 33.8 Å². The Kier molecular flexibility index (Phi) is 4.10. The van der Waals surface area contributed by atoms with Gasteiger partial charge in [0.05, 0.1) is 17.9 Å². The first kappa shape index (κ1) is 16.9. The van der Waals surface area contributed by atoms with Crippen molar-refractivity contribution >= 4 is 17.8 Å². The van der Waals surface area contributed by atoms with E-state index in [1.165, 1.54) is 0 Å². The van der Waals surface area contributed by atoms with E-state index in [2.05, 4.69) is 26.9 Å². The standard InChI is InChI=1S/C18H23N5O3/c1-18(4-5-18)21-17(25)26-12-3-2-10(6-12)14-8-15(23-22-14)20-16(24)13-7-11(13)9-19/h8,10-13H,2-7H2,1H3,(H,21,25)(H2,20,22,23,24)/t10-,11+,12+,13-/m1/s1. The fourth-order valence-electron chi connectivity index (χ4n) is 3.53. The largest absolute Gasteiger partial charge is 0.446 e. The summed E-state index contributed by atoms with van der Waals surface area (Å²) in [5.41, 5.74) is 0.867. The number of nitrogens with one attached hydrogen (secondary N) is 3. The van der Waals surface area contributed by atoms with Crippen LogP contribution in [0, 0.1) is 23.2 Å². The average molecular weight is 357 g/mol. The van der Waals surface area contributed by atoms with E-state index < -0.39 is 0 Å². The number of aromatic amines is 1. The van der Waals surface area contributed by atoms with Gasteiger partial charge >= 0.3 is 6.09 Å². The molecule has 138 valence electrons. The predicted octanol–water partition coefficient (Wildman–Crippen LogP) is 2.42. The molecule has 4 atom stereocenters. The van der Waals surface area contributed by atoms with E-state index in [1.807, 2.05) is 13.0 Å². The SMILES string of the molecule is CC1(NC(=O)O[C@H]2CC[C@@H](c3cc(NC(=O)[C@@H]4C[C@H]4C#N)n[nH]3)C2)CC1. The third-order valence-corrected chi connectivity index (χ3v) is 5.64. The van der Waals surface area contributed by atoms with E-state index in [1.54, 1.807) is 0 Å². The molecule has 8 nitrogen and oxygen atoms in total. The number of ether oxygens (including phenoxy) is 1. The molecule has 8 heteroatoms. The Morgan fingerprint density at radius 1 is 1.38 bits per heavy atom. The lowest BCUT2D eigenvalue weighted by atomic mass is 10.0. The van der Waals surface area contributed by atoms with Crippen molar-refractivity contribution in [3.05, 3.63) is 11.8 Å². The summed E-state index contributed by atoms with van der Waals surface area (Å²) >= 11 is 0. The van der Waals surface area contributed by atoms with Crippen molar-refractivity contribution in [1.82, 2.24) is 15.5 Å². The quantitative estimate of drug-likeness (QED) is 0.747. The predicted molar refractivity (Wildman–Crippen MR) is 92.1 cm³/mol. The minimum absolute atomic E-state index is 0.0717. The molecule has 3 saturated carbocycles. The number of alkyl carbamates (subject to hydrolysis) is 1. The molecule has 0 unspecified atom stereocenters. The summed E-state index contributed by atoms with van der Waals surface area (Å²) in [5, 5.41) is 21.6. The lowest BCUT2D eigenvalue weighted by molar-refractivity contribution is -0.117. The molecule has 0 bridgehead atoms. The fraction of sp³-hybridized carbons (Fsp3) is 0.667. The van der Waals surface area contributed by atoms with Gasteiger partial charge < -0.3 is 15.4 Å². The van der Waals surface area contributed by atoms with Crippen molar-refractivity contribution in [2.75, 3.05) is 5.32 Å². The molecule has 3 N–H and O–H groups in total. The zero-order valence-electron chi connectivity index (χ0n) is 14.7. The second-order valence-electron chi connectivity index (χ2n) is 8.00. The highest BCUT2D eigenvalue weighted by Gasteiger charge is 2.43. The van der Waals surface area contributed by atoms with Gasteiger partial charge in [0.15, 0.2) is 5.82 Å². The van der Waals surface area contributed by atoms with Gasteiger partial charge in [-0.1, -0.05) is 0 Å². The van der Waals surface area contributed by atoms with Crippen molar-refractivity contribution in [3.63, 3.8) is 0 Å². The smallest absolute Gasteiger partial charge is 0.407 e. The summed E-state index contributed by atoms with van der Waals surface area (Å²) in [7, 11) is 0. The van der Waals surface area contributed by atoms with Crippen LogP contribution in [0.5, 0.6) is 0 Å².